The number of aromatic nitrogens is 2. The molecule has 3 rings (SSSR count). The Labute approximate surface area is 114 Å². The first kappa shape index (κ1) is 13.5. The first-order valence-electron chi connectivity index (χ1n) is 7.22. The SMILES string of the molecule is O=c1[nH]n(C2CCC(F)(F)CC2)c(=O)c2c1CCCC2. The van der Waals surface area contributed by atoms with E-state index in [9.17, 15) is 18.4 Å². The van der Waals surface area contributed by atoms with Gasteiger partial charge in [0.15, 0.2) is 0 Å². The van der Waals surface area contributed by atoms with Gasteiger partial charge in [0, 0.05) is 24.0 Å². The molecule has 1 aromatic heterocycles. The monoisotopic (exact) mass is 284 g/mol. The highest BCUT2D eigenvalue weighted by atomic mass is 19.3. The minimum absolute atomic E-state index is 0.186. The second-order valence-electron chi connectivity index (χ2n) is 5.87. The molecule has 1 saturated carbocycles. The summed E-state index contributed by atoms with van der Waals surface area (Å²) in [7, 11) is 0. The molecule has 1 fully saturated rings. The topological polar surface area (TPSA) is 54.9 Å². The fraction of sp³-hybridized carbons (Fsp3) is 0.714. The van der Waals surface area contributed by atoms with Gasteiger partial charge in [-0.05, 0) is 38.5 Å². The number of aromatic amines is 1. The maximum absolute atomic E-state index is 13.2. The molecular weight excluding hydrogens is 266 g/mol. The predicted molar refractivity (Wildman–Crippen MR) is 70.4 cm³/mol. The molecule has 6 heteroatoms. The molecule has 110 valence electrons. The van der Waals surface area contributed by atoms with Crippen molar-refractivity contribution in [3.05, 3.63) is 31.8 Å². The molecule has 2 aliphatic rings. The maximum atomic E-state index is 13.2. The van der Waals surface area contributed by atoms with Gasteiger partial charge in [0.25, 0.3) is 11.1 Å². The Bertz CT molecular complexity index is 623. The summed E-state index contributed by atoms with van der Waals surface area (Å²) >= 11 is 0. The first-order valence-corrected chi connectivity index (χ1v) is 7.22. The van der Waals surface area contributed by atoms with E-state index in [0.717, 1.165) is 12.8 Å². The van der Waals surface area contributed by atoms with E-state index in [1.165, 1.54) is 4.68 Å². The van der Waals surface area contributed by atoms with Crippen LogP contribution in [-0.4, -0.2) is 15.7 Å². The van der Waals surface area contributed by atoms with Crippen molar-refractivity contribution in [2.75, 3.05) is 0 Å². The fourth-order valence-electron chi connectivity index (χ4n) is 3.31. The number of alkyl halides is 2. The summed E-state index contributed by atoms with van der Waals surface area (Å²) in [6.07, 6.45) is 3.14. The van der Waals surface area contributed by atoms with E-state index in [0.29, 0.717) is 24.0 Å². The number of hydrogen-bond acceptors (Lipinski definition) is 2. The van der Waals surface area contributed by atoms with Crippen LogP contribution in [0.2, 0.25) is 0 Å². The van der Waals surface area contributed by atoms with Gasteiger partial charge < -0.3 is 0 Å². The molecule has 0 spiro atoms. The van der Waals surface area contributed by atoms with Crippen molar-refractivity contribution in [2.24, 2.45) is 0 Å². The Morgan fingerprint density at radius 1 is 1.05 bits per heavy atom. The summed E-state index contributed by atoms with van der Waals surface area (Å²) < 4.78 is 27.7. The standard InChI is InChI=1S/C14H18F2N2O2/c15-14(16)7-5-9(6-8-14)18-13(20)11-4-2-1-3-10(11)12(19)17-18/h9H,1-8H2,(H,17,19). The number of H-pyrrole nitrogens is 1. The minimum atomic E-state index is -2.63. The molecule has 0 aliphatic heterocycles. The lowest BCUT2D eigenvalue weighted by Crippen LogP contribution is -2.40. The van der Waals surface area contributed by atoms with Crippen LogP contribution in [0.1, 0.15) is 55.7 Å². The molecule has 2 aliphatic carbocycles. The molecule has 0 bridgehead atoms. The number of nitrogens with zero attached hydrogens (tertiary/aromatic N) is 1. The van der Waals surface area contributed by atoms with Crippen LogP contribution >= 0.6 is 0 Å². The molecule has 0 radical (unpaired) electrons. The number of fused-ring (bicyclic) bond motifs is 1. The van der Waals surface area contributed by atoms with Crippen molar-refractivity contribution in [1.29, 1.82) is 0 Å². The fourth-order valence-corrected chi connectivity index (χ4v) is 3.31. The highest BCUT2D eigenvalue weighted by Gasteiger charge is 2.36. The van der Waals surface area contributed by atoms with E-state index in [-0.39, 0.29) is 42.8 Å². The molecule has 1 heterocycles. The van der Waals surface area contributed by atoms with E-state index in [1.807, 2.05) is 0 Å². The van der Waals surface area contributed by atoms with Gasteiger partial charge in [-0.3, -0.25) is 14.7 Å². The zero-order chi connectivity index (χ0) is 14.3. The third-order valence-corrected chi connectivity index (χ3v) is 4.49. The van der Waals surface area contributed by atoms with Gasteiger partial charge in [0.2, 0.25) is 5.92 Å². The van der Waals surface area contributed by atoms with Crippen LogP contribution in [0.25, 0.3) is 0 Å². The average Bonchev–Trinajstić information content (AvgIpc) is 2.43. The maximum Gasteiger partial charge on any atom is 0.268 e. The number of hydrogen-bond donors (Lipinski definition) is 1. The zero-order valence-electron chi connectivity index (χ0n) is 11.3. The van der Waals surface area contributed by atoms with Gasteiger partial charge in [-0.15, -0.1) is 0 Å². The first-order chi connectivity index (χ1) is 9.48. The number of halogens is 2. The Morgan fingerprint density at radius 2 is 1.65 bits per heavy atom. The zero-order valence-corrected chi connectivity index (χ0v) is 11.3. The summed E-state index contributed by atoms with van der Waals surface area (Å²) in [5.74, 6) is -2.63. The van der Waals surface area contributed by atoms with Crippen molar-refractivity contribution in [3.63, 3.8) is 0 Å². The third kappa shape index (κ3) is 2.31. The van der Waals surface area contributed by atoms with Crippen LogP contribution < -0.4 is 11.1 Å². The van der Waals surface area contributed by atoms with Gasteiger partial charge in [-0.25, -0.2) is 13.5 Å². The van der Waals surface area contributed by atoms with Gasteiger partial charge in [-0.1, -0.05) is 0 Å². The Morgan fingerprint density at radius 3 is 2.30 bits per heavy atom. The van der Waals surface area contributed by atoms with Crippen LogP contribution in [0.4, 0.5) is 8.78 Å². The molecule has 1 aromatic rings. The number of nitrogens with one attached hydrogen (secondary N) is 1. The summed E-state index contributed by atoms with van der Waals surface area (Å²) in [5.41, 5.74) is 0.780. The molecule has 0 aromatic carbocycles. The summed E-state index contributed by atoms with van der Waals surface area (Å²) in [4.78, 5) is 24.5. The lowest BCUT2D eigenvalue weighted by Gasteiger charge is -2.29. The molecule has 4 nitrogen and oxygen atoms in total. The van der Waals surface area contributed by atoms with Crippen molar-refractivity contribution in [3.8, 4) is 0 Å². The predicted octanol–water partition coefficient (Wildman–Crippen LogP) is 2.17. The van der Waals surface area contributed by atoms with E-state index in [4.69, 9.17) is 0 Å². The van der Waals surface area contributed by atoms with Crippen LogP contribution in [0.5, 0.6) is 0 Å². The average molecular weight is 284 g/mol. The second-order valence-corrected chi connectivity index (χ2v) is 5.87. The smallest absolute Gasteiger partial charge is 0.268 e. The largest absolute Gasteiger partial charge is 0.268 e. The van der Waals surface area contributed by atoms with Crippen LogP contribution in [0.15, 0.2) is 9.59 Å². The van der Waals surface area contributed by atoms with E-state index in [1.54, 1.807) is 0 Å². The molecule has 20 heavy (non-hydrogen) atoms. The van der Waals surface area contributed by atoms with Gasteiger partial charge >= 0.3 is 0 Å². The Kier molecular flexibility index (Phi) is 3.26. The number of rotatable bonds is 1. The molecule has 0 atom stereocenters. The van der Waals surface area contributed by atoms with Gasteiger partial charge in [-0.2, -0.15) is 0 Å². The normalized spacial score (nSPS) is 22.5. The quantitative estimate of drug-likeness (QED) is 0.859. The molecule has 0 unspecified atom stereocenters. The van der Waals surface area contributed by atoms with E-state index < -0.39 is 5.92 Å². The third-order valence-electron chi connectivity index (χ3n) is 4.49. The van der Waals surface area contributed by atoms with Gasteiger partial charge in [0.05, 0.1) is 6.04 Å². The van der Waals surface area contributed by atoms with E-state index in [2.05, 4.69) is 5.10 Å². The highest BCUT2D eigenvalue weighted by molar-refractivity contribution is 5.24. The van der Waals surface area contributed by atoms with Crippen molar-refractivity contribution in [2.45, 2.75) is 63.3 Å². The van der Waals surface area contributed by atoms with Crippen LogP contribution in [0.3, 0.4) is 0 Å². The minimum Gasteiger partial charge on any atom is -0.268 e. The highest BCUT2D eigenvalue weighted by Crippen LogP contribution is 2.37. The van der Waals surface area contributed by atoms with Crippen molar-refractivity contribution < 1.29 is 8.78 Å². The van der Waals surface area contributed by atoms with Crippen molar-refractivity contribution >= 4 is 0 Å². The van der Waals surface area contributed by atoms with Crippen LogP contribution in [-0.2, 0) is 12.8 Å². The molecular formula is C14H18F2N2O2. The lowest BCUT2D eigenvalue weighted by molar-refractivity contribution is -0.0455. The van der Waals surface area contributed by atoms with Crippen LogP contribution in [0, 0.1) is 0 Å². The summed E-state index contributed by atoms with van der Waals surface area (Å²) in [5, 5.41) is 2.60. The molecule has 1 N–H and O–H groups in total. The summed E-state index contributed by atoms with van der Waals surface area (Å²) in [6, 6.07) is -0.304. The van der Waals surface area contributed by atoms with Crippen molar-refractivity contribution in [1.82, 2.24) is 9.78 Å². The lowest BCUT2D eigenvalue weighted by atomic mass is 9.91. The van der Waals surface area contributed by atoms with E-state index >= 15 is 0 Å². The van der Waals surface area contributed by atoms with Gasteiger partial charge in [0.1, 0.15) is 0 Å². The Balaban J connectivity index is 1.97. The second kappa shape index (κ2) is 4.82. The summed E-state index contributed by atoms with van der Waals surface area (Å²) in [6.45, 7) is 0. The molecule has 0 amide bonds. The molecule has 0 saturated heterocycles. The Hall–Kier alpha value is -1.46.